The fraction of sp³-hybridized carbons (Fsp3) is 0.647. The molecule has 0 aliphatic carbocycles. The van der Waals surface area contributed by atoms with Gasteiger partial charge in [-0.15, -0.1) is 0 Å². The van der Waals surface area contributed by atoms with Crippen LogP contribution in [0.15, 0.2) is 24.3 Å². The zero-order valence-electron chi connectivity index (χ0n) is 13.1. The minimum atomic E-state index is -4.27. The maximum atomic E-state index is 13.0. The third-order valence-electron chi connectivity index (χ3n) is 4.73. The first-order chi connectivity index (χ1) is 11.0. The first-order valence-electron chi connectivity index (χ1n) is 8.24. The molecule has 3 rings (SSSR count). The highest BCUT2D eigenvalue weighted by atomic mass is 32.2. The summed E-state index contributed by atoms with van der Waals surface area (Å²) in [4.78, 5) is 2.39. The first kappa shape index (κ1) is 17.1. The van der Waals surface area contributed by atoms with Gasteiger partial charge >= 0.3 is 6.18 Å². The maximum Gasteiger partial charge on any atom is 0.416 e. The van der Waals surface area contributed by atoms with Crippen molar-refractivity contribution < 1.29 is 13.2 Å². The van der Waals surface area contributed by atoms with Gasteiger partial charge in [0.15, 0.2) is 0 Å². The van der Waals surface area contributed by atoms with E-state index in [1.807, 2.05) is 17.8 Å². The van der Waals surface area contributed by atoms with Crippen molar-refractivity contribution in [2.45, 2.75) is 25.1 Å². The molecule has 23 heavy (non-hydrogen) atoms. The third kappa shape index (κ3) is 4.43. The lowest BCUT2D eigenvalue weighted by atomic mass is 9.97. The number of benzene rings is 1. The van der Waals surface area contributed by atoms with Gasteiger partial charge in [0.2, 0.25) is 0 Å². The van der Waals surface area contributed by atoms with Gasteiger partial charge in [-0.2, -0.15) is 24.9 Å². The zero-order chi connectivity index (χ0) is 16.3. The fourth-order valence-corrected chi connectivity index (χ4v) is 4.65. The summed E-state index contributed by atoms with van der Waals surface area (Å²) in [6, 6.07) is 5.98. The highest BCUT2D eigenvalue weighted by molar-refractivity contribution is 7.99. The first-order valence-corrected chi connectivity index (χ1v) is 9.39. The fourth-order valence-electron chi connectivity index (χ4n) is 3.50. The molecule has 0 bridgehead atoms. The molecule has 1 aromatic rings. The molecule has 1 aromatic carbocycles. The van der Waals surface area contributed by atoms with Gasteiger partial charge in [0.1, 0.15) is 0 Å². The average Bonchev–Trinajstić information content (AvgIpc) is 2.56. The van der Waals surface area contributed by atoms with Crippen LogP contribution in [0.1, 0.15) is 30.0 Å². The molecule has 2 heterocycles. The van der Waals surface area contributed by atoms with Crippen molar-refractivity contribution in [2.75, 3.05) is 37.7 Å². The second-order valence-corrected chi connectivity index (χ2v) is 7.57. The lowest BCUT2D eigenvalue weighted by Crippen LogP contribution is -2.43. The molecule has 1 N–H and O–H groups in total. The molecule has 2 aliphatic heterocycles. The van der Waals surface area contributed by atoms with E-state index in [9.17, 15) is 13.2 Å². The van der Waals surface area contributed by atoms with Gasteiger partial charge in [-0.1, -0.05) is 12.1 Å². The van der Waals surface area contributed by atoms with Crippen molar-refractivity contribution in [3.63, 3.8) is 0 Å². The van der Waals surface area contributed by atoms with E-state index < -0.39 is 11.7 Å². The molecular weight excluding hydrogens is 321 g/mol. The standard InChI is InChI=1S/C17H23F3N2S/c18-17(19,20)15-5-1-4-14(9-15)16-12-23-8-7-22(16)11-13-3-2-6-21-10-13/h1,4-5,9,13,16,21H,2-3,6-8,10-12H2. The molecule has 2 nitrogen and oxygen atoms in total. The van der Waals surface area contributed by atoms with Crippen molar-refractivity contribution in [3.8, 4) is 0 Å². The van der Waals surface area contributed by atoms with Crippen LogP contribution < -0.4 is 5.32 Å². The van der Waals surface area contributed by atoms with Crippen molar-refractivity contribution in [1.29, 1.82) is 0 Å². The second-order valence-electron chi connectivity index (χ2n) is 6.42. The van der Waals surface area contributed by atoms with E-state index in [1.165, 1.54) is 25.0 Å². The van der Waals surface area contributed by atoms with Gasteiger partial charge in [0.05, 0.1) is 5.56 Å². The molecule has 2 atom stereocenters. The molecule has 2 saturated heterocycles. The van der Waals surface area contributed by atoms with Crippen molar-refractivity contribution in [2.24, 2.45) is 5.92 Å². The zero-order valence-corrected chi connectivity index (χ0v) is 13.9. The lowest BCUT2D eigenvalue weighted by molar-refractivity contribution is -0.137. The molecule has 2 fully saturated rings. The van der Waals surface area contributed by atoms with Gasteiger partial charge in [0, 0.05) is 30.6 Å². The Morgan fingerprint density at radius 1 is 1.30 bits per heavy atom. The smallest absolute Gasteiger partial charge is 0.316 e. The van der Waals surface area contributed by atoms with Crippen LogP contribution in [0.2, 0.25) is 0 Å². The summed E-state index contributed by atoms with van der Waals surface area (Å²) in [7, 11) is 0. The van der Waals surface area contributed by atoms with Crippen molar-refractivity contribution in [1.82, 2.24) is 10.2 Å². The number of rotatable bonds is 3. The number of alkyl halides is 3. The molecular formula is C17H23F3N2S. The van der Waals surface area contributed by atoms with Crippen LogP contribution in [-0.2, 0) is 6.18 Å². The summed E-state index contributed by atoms with van der Waals surface area (Å²) in [5.74, 6) is 2.55. The topological polar surface area (TPSA) is 15.3 Å². The lowest BCUT2D eigenvalue weighted by Gasteiger charge is -2.39. The molecule has 2 unspecified atom stereocenters. The number of nitrogens with zero attached hydrogens (tertiary/aromatic N) is 1. The number of piperidine rings is 1. The summed E-state index contributed by atoms with van der Waals surface area (Å²) < 4.78 is 38.9. The quantitative estimate of drug-likeness (QED) is 0.898. The Balaban J connectivity index is 1.75. The predicted molar refractivity (Wildman–Crippen MR) is 88.7 cm³/mol. The SMILES string of the molecule is FC(F)(F)c1cccc(C2CSCCN2CC2CCCNC2)c1. The third-order valence-corrected chi connectivity index (χ3v) is 5.75. The largest absolute Gasteiger partial charge is 0.416 e. The highest BCUT2D eigenvalue weighted by Gasteiger charge is 2.32. The van der Waals surface area contributed by atoms with E-state index >= 15 is 0 Å². The number of nitrogens with one attached hydrogen (secondary N) is 1. The Morgan fingerprint density at radius 2 is 2.17 bits per heavy atom. The van der Waals surface area contributed by atoms with Gasteiger partial charge < -0.3 is 5.32 Å². The Kier molecular flexibility index (Phi) is 5.54. The van der Waals surface area contributed by atoms with E-state index in [0.717, 1.165) is 49.3 Å². The summed E-state index contributed by atoms with van der Waals surface area (Å²) in [5.41, 5.74) is 0.264. The molecule has 0 radical (unpaired) electrons. The summed E-state index contributed by atoms with van der Waals surface area (Å²) in [6.07, 6.45) is -1.86. The Labute approximate surface area is 139 Å². The summed E-state index contributed by atoms with van der Waals surface area (Å²) >= 11 is 1.84. The Bertz CT molecular complexity index is 515. The van der Waals surface area contributed by atoms with Gasteiger partial charge in [-0.3, -0.25) is 4.90 Å². The van der Waals surface area contributed by atoms with Crippen LogP contribution >= 0.6 is 11.8 Å². The monoisotopic (exact) mass is 344 g/mol. The highest BCUT2D eigenvalue weighted by Crippen LogP contribution is 2.35. The minimum Gasteiger partial charge on any atom is -0.316 e. The maximum absolute atomic E-state index is 13.0. The molecule has 2 aliphatic rings. The van der Waals surface area contributed by atoms with Gasteiger partial charge in [-0.25, -0.2) is 0 Å². The van der Waals surface area contributed by atoms with Crippen LogP contribution in [0.4, 0.5) is 13.2 Å². The van der Waals surface area contributed by atoms with E-state index in [1.54, 1.807) is 0 Å². The normalized spacial score (nSPS) is 27.1. The van der Waals surface area contributed by atoms with Crippen LogP contribution in [0.5, 0.6) is 0 Å². The van der Waals surface area contributed by atoms with Crippen LogP contribution in [0, 0.1) is 5.92 Å². The molecule has 0 saturated carbocycles. The number of halogens is 3. The number of hydrogen-bond donors (Lipinski definition) is 1. The number of thioether (sulfide) groups is 1. The minimum absolute atomic E-state index is 0.0953. The van der Waals surface area contributed by atoms with Crippen LogP contribution in [-0.4, -0.2) is 42.6 Å². The van der Waals surface area contributed by atoms with Gasteiger partial charge in [0.25, 0.3) is 0 Å². The van der Waals surface area contributed by atoms with Crippen LogP contribution in [0.3, 0.4) is 0 Å². The van der Waals surface area contributed by atoms with E-state index in [4.69, 9.17) is 0 Å². The van der Waals surface area contributed by atoms with Crippen LogP contribution in [0.25, 0.3) is 0 Å². The Hall–Kier alpha value is -0.720. The predicted octanol–water partition coefficient (Wildman–Crippen LogP) is 3.79. The average molecular weight is 344 g/mol. The molecule has 0 amide bonds. The molecule has 0 aromatic heterocycles. The Morgan fingerprint density at radius 3 is 2.91 bits per heavy atom. The van der Waals surface area contributed by atoms with E-state index in [0.29, 0.717) is 5.92 Å². The summed E-state index contributed by atoms with van der Waals surface area (Å²) in [5, 5.41) is 3.43. The van der Waals surface area contributed by atoms with E-state index in [-0.39, 0.29) is 6.04 Å². The van der Waals surface area contributed by atoms with Gasteiger partial charge in [-0.05, 0) is 49.5 Å². The van der Waals surface area contributed by atoms with Crippen molar-refractivity contribution >= 4 is 11.8 Å². The number of hydrogen-bond acceptors (Lipinski definition) is 3. The van der Waals surface area contributed by atoms with Crippen molar-refractivity contribution in [3.05, 3.63) is 35.4 Å². The summed E-state index contributed by atoms with van der Waals surface area (Å²) in [6.45, 7) is 4.05. The molecule has 0 spiro atoms. The molecule has 6 heteroatoms. The second kappa shape index (κ2) is 7.45. The van der Waals surface area contributed by atoms with E-state index in [2.05, 4.69) is 10.2 Å². The molecule has 128 valence electrons.